The Hall–Kier alpha value is -3.15. The van der Waals surface area contributed by atoms with Crippen LogP contribution in [0.3, 0.4) is 0 Å². The van der Waals surface area contributed by atoms with Crippen LogP contribution in [0.1, 0.15) is 50.7 Å². The molecule has 0 saturated carbocycles. The highest BCUT2D eigenvalue weighted by atomic mass is 16.2. The first-order valence-electron chi connectivity index (χ1n) is 8.67. The predicted octanol–water partition coefficient (Wildman–Crippen LogP) is 3.25. The molecular weight excluding hydrogens is 330 g/mol. The van der Waals surface area contributed by atoms with Crippen molar-refractivity contribution in [2.24, 2.45) is 0 Å². The summed E-state index contributed by atoms with van der Waals surface area (Å²) >= 11 is 0. The Morgan fingerprint density at radius 3 is 2.69 bits per heavy atom. The van der Waals surface area contributed by atoms with Crippen molar-refractivity contribution in [3.05, 3.63) is 64.7 Å². The molecule has 2 heterocycles. The molecule has 26 heavy (non-hydrogen) atoms. The minimum Gasteiger partial charge on any atom is -0.317 e. The van der Waals surface area contributed by atoms with Gasteiger partial charge < -0.3 is 10.2 Å². The molecule has 0 unspecified atom stereocenters. The number of amides is 4. The van der Waals surface area contributed by atoms with Gasteiger partial charge in [0, 0.05) is 12.2 Å². The van der Waals surface area contributed by atoms with Gasteiger partial charge in [0.25, 0.3) is 11.8 Å². The van der Waals surface area contributed by atoms with E-state index in [9.17, 15) is 14.4 Å². The number of rotatable bonds is 2. The Bertz CT molecular complexity index is 922. The lowest BCUT2D eigenvalue weighted by Crippen LogP contribution is -2.34. The highest BCUT2D eigenvalue weighted by Gasteiger charge is 2.31. The quantitative estimate of drug-likeness (QED) is 0.817. The summed E-state index contributed by atoms with van der Waals surface area (Å²) in [7, 11) is 0. The van der Waals surface area contributed by atoms with E-state index in [1.54, 1.807) is 18.2 Å². The Morgan fingerprint density at radius 2 is 1.88 bits per heavy atom. The summed E-state index contributed by atoms with van der Waals surface area (Å²) in [4.78, 5) is 38.0. The Labute approximate surface area is 151 Å². The largest absolute Gasteiger partial charge is 0.322 e. The van der Waals surface area contributed by atoms with Crippen LogP contribution in [0, 0.1) is 6.92 Å². The minimum absolute atomic E-state index is 0.0514. The molecule has 4 rings (SSSR count). The lowest BCUT2D eigenvalue weighted by molar-refractivity contribution is 0.0879. The van der Waals surface area contributed by atoms with Crippen molar-refractivity contribution in [2.75, 3.05) is 11.9 Å². The summed E-state index contributed by atoms with van der Waals surface area (Å²) in [6, 6.07) is 12.7. The van der Waals surface area contributed by atoms with Crippen LogP contribution in [-0.4, -0.2) is 29.3 Å². The zero-order valence-corrected chi connectivity index (χ0v) is 14.4. The number of nitrogens with one attached hydrogen (secondary N) is 2. The summed E-state index contributed by atoms with van der Waals surface area (Å²) in [5.41, 5.74) is 3.48. The summed E-state index contributed by atoms with van der Waals surface area (Å²) in [5.74, 6) is -0.831. The van der Waals surface area contributed by atoms with Crippen molar-refractivity contribution in [3.63, 3.8) is 0 Å². The molecule has 2 aromatic rings. The summed E-state index contributed by atoms with van der Waals surface area (Å²) in [6.45, 7) is 2.74. The third-order valence-corrected chi connectivity index (χ3v) is 5.05. The lowest BCUT2D eigenvalue weighted by atomic mass is 9.99. The molecule has 0 aliphatic carbocycles. The fourth-order valence-corrected chi connectivity index (χ4v) is 3.73. The van der Waals surface area contributed by atoms with Crippen LogP contribution in [0.25, 0.3) is 0 Å². The van der Waals surface area contributed by atoms with E-state index < -0.39 is 11.8 Å². The van der Waals surface area contributed by atoms with E-state index in [2.05, 4.69) is 29.7 Å². The number of carbonyl (C=O) groups excluding carboxylic acids is 3. The van der Waals surface area contributed by atoms with Crippen LogP contribution in [0.15, 0.2) is 42.5 Å². The third kappa shape index (κ3) is 2.73. The van der Waals surface area contributed by atoms with Crippen molar-refractivity contribution < 1.29 is 14.4 Å². The predicted molar refractivity (Wildman–Crippen MR) is 97.1 cm³/mol. The summed E-state index contributed by atoms with van der Waals surface area (Å²) < 4.78 is 0. The number of urea groups is 1. The van der Waals surface area contributed by atoms with Crippen LogP contribution in [0.4, 0.5) is 10.5 Å². The highest BCUT2D eigenvalue weighted by Crippen LogP contribution is 2.34. The van der Waals surface area contributed by atoms with Crippen LogP contribution in [0.5, 0.6) is 0 Å². The number of imide groups is 1. The topological polar surface area (TPSA) is 78.5 Å². The molecule has 2 aliphatic rings. The van der Waals surface area contributed by atoms with E-state index in [-0.39, 0.29) is 12.1 Å². The van der Waals surface area contributed by atoms with Gasteiger partial charge in [0.1, 0.15) is 0 Å². The molecular formula is C20H19N3O3. The maximum Gasteiger partial charge on any atom is 0.322 e. The van der Waals surface area contributed by atoms with Crippen LogP contribution >= 0.6 is 0 Å². The van der Waals surface area contributed by atoms with Gasteiger partial charge in [0.2, 0.25) is 0 Å². The SMILES string of the molecule is Cc1ccccc1[C@H]1CCCN1C(=O)Nc1ccc2c(c1)C(=O)NC2=O. The molecule has 6 heteroatoms. The molecule has 2 aliphatic heterocycles. The smallest absolute Gasteiger partial charge is 0.317 e. The monoisotopic (exact) mass is 349 g/mol. The van der Waals surface area contributed by atoms with Gasteiger partial charge in [0.15, 0.2) is 0 Å². The number of anilines is 1. The Balaban J connectivity index is 1.55. The minimum atomic E-state index is -0.431. The molecule has 1 atom stereocenters. The van der Waals surface area contributed by atoms with Gasteiger partial charge in [-0.3, -0.25) is 14.9 Å². The van der Waals surface area contributed by atoms with Crippen molar-refractivity contribution in [2.45, 2.75) is 25.8 Å². The average molecular weight is 349 g/mol. The standard InChI is InChI=1S/C20H19N3O3/c1-12-5-2-3-6-14(12)17-7-4-10-23(17)20(26)21-13-8-9-15-16(11-13)19(25)22-18(15)24/h2-3,5-6,8-9,11,17H,4,7,10H2,1H3,(H,21,26)(H,22,24,25)/t17-/m1/s1. The number of benzene rings is 2. The molecule has 0 aromatic heterocycles. The zero-order valence-electron chi connectivity index (χ0n) is 14.4. The van der Waals surface area contributed by atoms with E-state index in [1.807, 2.05) is 17.0 Å². The number of nitrogens with zero attached hydrogens (tertiary/aromatic N) is 1. The second-order valence-corrected chi connectivity index (χ2v) is 6.68. The van der Waals surface area contributed by atoms with Gasteiger partial charge in [0.05, 0.1) is 17.2 Å². The van der Waals surface area contributed by atoms with E-state index in [4.69, 9.17) is 0 Å². The van der Waals surface area contributed by atoms with E-state index >= 15 is 0 Å². The maximum absolute atomic E-state index is 12.8. The number of carbonyl (C=O) groups is 3. The second-order valence-electron chi connectivity index (χ2n) is 6.68. The number of aryl methyl sites for hydroxylation is 1. The van der Waals surface area contributed by atoms with E-state index in [1.165, 1.54) is 11.1 Å². The van der Waals surface area contributed by atoms with Crippen LogP contribution in [-0.2, 0) is 0 Å². The van der Waals surface area contributed by atoms with Gasteiger partial charge in [-0.05, 0) is 49.1 Å². The van der Waals surface area contributed by atoms with Gasteiger partial charge in [-0.25, -0.2) is 4.79 Å². The van der Waals surface area contributed by atoms with E-state index in [0.29, 0.717) is 23.4 Å². The number of likely N-dealkylation sites (tertiary alicyclic amines) is 1. The number of hydrogen-bond donors (Lipinski definition) is 2. The molecule has 1 fully saturated rings. The number of hydrogen-bond acceptors (Lipinski definition) is 3. The van der Waals surface area contributed by atoms with Crippen molar-refractivity contribution in [1.82, 2.24) is 10.2 Å². The summed E-state index contributed by atoms with van der Waals surface area (Å²) in [5, 5.41) is 5.12. The first-order chi connectivity index (χ1) is 12.5. The molecule has 1 saturated heterocycles. The molecule has 132 valence electrons. The van der Waals surface area contributed by atoms with Crippen LogP contribution < -0.4 is 10.6 Å². The van der Waals surface area contributed by atoms with Crippen molar-refractivity contribution >= 4 is 23.5 Å². The van der Waals surface area contributed by atoms with Gasteiger partial charge in [-0.15, -0.1) is 0 Å². The fraction of sp³-hybridized carbons (Fsp3) is 0.250. The first kappa shape index (κ1) is 16.3. The molecule has 4 amide bonds. The Kier molecular flexibility index (Phi) is 3.95. The fourth-order valence-electron chi connectivity index (χ4n) is 3.73. The maximum atomic E-state index is 12.8. The normalized spacial score (nSPS) is 18.7. The molecule has 6 nitrogen and oxygen atoms in total. The molecule has 2 N–H and O–H groups in total. The van der Waals surface area contributed by atoms with E-state index in [0.717, 1.165) is 12.8 Å². The molecule has 2 aromatic carbocycles. The zero-order chi connectivity index (χ0) is 18.3. The second kappa shape index (κ2) is 6.29. The number of fused-ring (bicyclic) bond motifs is 1. The first-order valence-corrected chi connectivity index (χ1v) is 8.67. The molecule has 0 spiro atoms. The van der Waals surface area contributed by atoms with Gasteiger partial charge in [-0.1, -0.05) is 24.3 Å². The van der Waals surface area contributed by atoms with Gasteiger partial charge in [-0.2, -0.15) is 0 Å². The molecule has 0 radical (unpaired) electrons. The Morgan fingerprint density at radius 1 is 1.12 bits per heavy atom. The van der Waals surface area contributed by atoms with Crippen molar-refractivity contribution in [3.8, 4) is 0 Å². The lowest BCUT2D eigenvalue weighted by Gasteiger charge is -2.26. The van der Waals surface area contributed by atoms with Crippen LogP contribution in [0.2, 0.25) is 0 Å². The molecule has 0 bridgehead atoms. The summed E-state index contributed by atoms with van der Waals surface area (Å²) in [6.07, 6.45) is 1.88. The highest BCUT2D eigenvalue weighted by molar-refractivity contribution is 6.22. The van der Waals surface area contributed by atoms with Crippen molar-refractivity contribution in [1.29, 1.82) is 0 Å². The average Bonchev–Trinajstić information content (AvgIpc) is 3.21. The van der Waals surface area contributed by atoms with Gasteiger partial charge >= 0.3 is 6.03 Å². The third-order valence-electron chi connectivity index (χ3n) is 5.05.